The van der Waals surface area contributed by atoms with Crippen molar-refractivity contribution < 1.29 is 14.8 Å². The summed E-state index contributed by atoms with van der Waals surface area (Å²) in [5.74, 6) is -0.953. The van der Waals surface area contributed by atoms with E-state index < -0.39 is 10.9 Å². The second kappa shape index (κ2) is 5.01. The van der Waals surface area contributed by atoms with E-state index in [-0.39, 0.29) is 12.1 Å². The Morgan fingerprint density at radius 2 is 2.38 bits per heavy atom. The molecular formula is C10H10N2O4. The highest BCUT2D eigenvalue weighted by Gasteiger charge is 2.11. The van der Waals surface area contributed by atoms with Gasteiger partial charge in [0.25, 0.3) is 5.69 Å². The molecule has 0 aliphatic heterocycles. The molecule has 0 unspecified atom stereocenters. The zero-order chi connectivity index (χ0) is 12.1. The van der Waals surface area contributed by atoms with Gasteiger partial charge in [0, 0.05) is 12.3 Å². The summed E-state index contributed by atoms with van der Waals surface area (Å²) in [6, 6.07) is 1.36. The molecule has 1 aromatic rings. The number of nitro groups is 1. The van der Waals surface area contributed by atoms with Gasteiger partial charge < -0.3 is 5.11 Å². The van der Waals surface area contributed by atoms with Gasteiger partial charge in [-0.1, -0.05) is 12.2 Å². The van der Waals surface area contributed by atoms with E-state index in [4.69, 9.17) is 5.11 Å². The Balaban J connectivity index is 2.91. The molecule has 0 spiro atoms. The molecule has 16 heavy (non-hydrogen) atoms. The minimum absolute atomic E-state index is 0.0718. The van der Waals surface area contributed by atoms with Crippen molar-refractivity contribution in [3.63, 3.8) is 0 Å². The van der Waals surface area contributed by atoms with Gasteiger partial charge in [-0.15, -0.1) is 0 Å². The second-order valence-electron chi connectivity index (χ2n) is 3.13. The van der Waals surface area contributed by atoms with E-state index >= 15 is 0 Å². The van der Waals surface area contributed by atoms with Gasteiger partial charge in [-0.3, -0.25) is 19.9 Å². The van der Waals surface area contributed by atoms with Crippen molar-refractivity contribution in [2.75, 3.05) is 0 Å². The van der Waals surface area contributed by atoms with Crippen LogP contribution in [0.2, 0.25) is 0 Å². The number of aliphatic carboxylic acids is 1. The number of carboxylic acid groups (broad SMARTS) is 1. The summed E-state index contributed by atoms with van der Waals surface area (Å²) in [5.41, 5.74) is 0.774. The molecule has 1 rings (SSSR count). The Labute approximate surface area is 91.4 Å². The third kappa shape index (κ3) is 3.16. The van der Waals surface area contributed by atoms with E-state index in [1.165, 1.54) is 24.4 Å². The van der Waals surface area contributed by atoms with Crippen LogP contribution >= 0.6 is 0 Å². The van der Waals surface area contributed by atoms with E-state index in [1.807, 2.05) is 0 Å². The Morgan fingerprint density at radius 3 is 2.94 bits per heavy atom. The van der Waals surface area contributed by atoms with Crippen LogP contribution < -0.4 is 0 Å². The fourth-order valence-corrected chi connectivity index (χ4v) is 1.11. The zero-order valence-corrected chi connectivity index (χ0v) is 8.58. The number of pyridine rings is 1. The van der Waals surface area contributed by atoms with Crippen LogP contribution in [-0.2, 0) is 4.79 Å². The van der Waals surface area contributed by atoms with E-state index in [0.717, 1.165) is 0 Å². The van der Waals surface area contributed by atoms with Crippen LogP contribution in [0.1, 0.15) is 17.7 Å². The Morgan fingerprint density at radius 1 is 1.69 bits per heavy atom. The van der Waals surface area contributed by atoms with Crippen molar-refractivity contribution in [1.82, 2.24) is 4.98 Å². The molecule has 0 aliphatic rings. The number of aryl methyl sites for hydroxylation is 1. The maximum Gasteiger partial charge on any atom is 0.307 e. The molecule has 0 amide bonds. The molecule has 0 fully saturated rings. The van der Waals surface area contributed by atoms with Crippen molar-refractivity contribution in [3.05, 3.63) is 39.7 Å². The molecule has 0 aliphatic carbocycles. The quantitative estimate of drug-likeness (QED) is 0.619. The number of nitrogens with zero attached hydrogens (tertiary/aromatic N) is 2. The molecule has 0 saturated carbocycles. The second-order valence-corrected chi connectivity index (χ2v) is 3.13. The lowest BCUT2D eigenvalue weighted by atomic mass is 10.2. The summed E-state index contributed by atoms with van der Waals surface area (Å²) in [5, 5.41) is 19.0. The molecule has 6 nitrogen and oxygen atoms in total. The third-order valence-electron chi connectivity index (χ3n) is 1.88. The van der Waals surface area contributed by atoms with Gasteiger partial charge >= 0.3 is 5.97 Å². The van der Waals surface area contributed by atoms with Gasteiger partial charge in [0.15, 0.2) is 0 Å². The van der Waals surface area contributed by atoms with Gasteiger partial charge in [0.05, 0.1) is 11.3 Å². The zero-order valence-electron chi connectivity index (χ0n) is 8.58. The van der Waals surface area contributed by atoms with Crippen LogP contribution in [0.5, 0.6) is 0 Å². The average molecular weight is 222 g/mol. The van der Waals surface area contributed by atoms with Crippen molar-refractivity contribution >= 4 is 17.7 Å². The van der Waals surface area contributed by atoms with E-state index in [2.05, 4.69) is 4.98 Å². The maximum atomic E-state index is 10.6. The van der Waals surface area contributed by atoms with Crippen molar-refractivity contribution in [3.8, 4) is 0 Å². The number of aromatic nitrogens is 1. The highest BCUT2D eigenvalue weighted by Crippen LogP contribution is 2.17. The molecule has 1 aromatic heterocycles. The molecule has 1 N–H and O–H groups in total. The molecular weight excluding hydrogens is 212 g/mol. The highest BCUT2D eigenvalue weighted by molar-refractivity contribution is 5.70. The summed E-state index contributed by atoms with van der Waals surface area (Å²) >= 11 is 0. The standard InChI is InChI=1S/C10H10N2O4/c1-7-9(12(15)16)5-8(6-11-7)3-2-4-10(13)14/h2-3,5-6H,4H2,1H3,(H,13,14). The van der Waals surface area contributed by atoms with Gasteiger partial charge in [0.2, 0.25) is 0 Å². The summed E-state index contributed by atoms with van der Waals surface area (Å²) in [6.07, 6.45) is 4.24. The summed E-state index contributed by atoms with van der Waals surface area (Å²) in [4.78, 5) is 24.2. The number of hydrogen-bond donors (Lipinski definition) is 1. The molecule has 0 bridgehead atoms. The van der Waals surface area contributed by atoms with E-state index in [1.54, 1.807) is 6.92 Å². The fraction of sp³-hybridized carbons (Fsp3) is 0.200. The van der Waals surface area contributed by atoms with Crippen molar-refractivity contribution in [2.45, 2.75) is 13.3 Å². The first-order valence-corrected chi connectivity index (χ1v) is 4.50. The topological polar surface area (TPSA) is 93.3 Å². The predicted octanol–water partition coefficient (Wildman–Crippen LogP) is 1.79. The maximum absolute atomic E-state index is 10.6. The SMILES string of the molecule is Cc1ncc(C=CCC(=O)O)cc1[N+](=O)[O-]. The average Bonchev–Trinajstić information content (AvgIpc) is 2.19. The lowest BCUT2D eigenvalue weighted by Crippen LogP contribution is -1.95. The van der Waals surface area contributed by atoms with Crippen molar-refractivity contribution in [1.29, 1.82) is 0 Å². The van der Waals surface area contributed by atoms with Crippen LogP contribution in [0.4, 0.5) is 5.69 Å². The van der Waals surface area contributed by atoms with Crippen LogP contribution in [0.25, 0.3) is 6.08 Å². The van der Waals surface area contributed by atoms with Crippen molar-refractivity contribution in [2.24, 2.45) is 0 Å². The number of carboxylic acids is 1. The fourth-order valence-electron chi connectivity index (χ4n) is 1.11. The Hall–Kier alpha value is -2.24. The van der Waals surface area contributed by atoms with Crippen LogP contribution in [0, 0.1) is 17.0 Å². The summed E-state index contributed by atoms with van der Waals surface area (Å²) in [6.45, 7) is 1.54. The minimum Gasteiger partial charge on any atom is -0.481 e. The predicted molar refractivity (Wildman–Crippen MR) is 56.9 cm³/mol. The van der Waals surface area contributed by atoms with Crippen LogP contribution in [0.15, 0.2) is 18.3 Å². The Kier molecular flexibility index (Phi) is 3.71. The van der Waals surface area contributed by atoms with Crippen LogP contribution in [0.3, 0.4) is 0 Å². The highest BCUT2D eigenvalue weighted by atomic mass is 16.6. The monoisotopic (exact) mass is 222 g/mol. The van der Waals surface area contributed by atoms with Crippen LogP contribution in [-0.4, -0.2) is 21.0 Å². The summed E-state index contributed by atoms with van der Waals surface area (Å²) < 4.78 is 0. The molecule has 0 saturated heterocycles. The van der Waals surface area contributed by atoms with Gasteiger partial charge in [0.1, 0.15) is 5.69 Å². The lowest BCUT2D eigenvalue weighted by molar-refractivity contribution is -0.385. The minimum atomic E-state index is -0.953. The number of carbonyl (C=O) groups is 1. The lowest BCUT2D eigenvalue weighted by Gasteiger charge is -1.97. The number of rotatable bonds is 4. The number of hydrogen-bond acceptors (Lipinski definition) is 4. The molecule has 6 heteroatoms. The summed E-state index contributed by atoms with van der Waals surface area (Å²) in [7, 11) is 0. The first kappa shape index (κ1) is 11.8. The Bertz CT molecular complexity index is 454. The van der Waals surface area contributed by atoms with Gasteiger partial charge in [-0.05, 0) is 12.5 Å². The van der Waals surface area contributed by atoms with Gasteiger partial charge in [-0.2, -0.15) is 0 Å². The molecule has 0 radical (unpaired) electrons. The smallest absolute Gasteiger partial charge is 0.307 e. The first-order valence-electron chi connectivity index (χ1n) is 4.50. The molecule has 0 aromatic carbocycles. The molecule has 84 valence electrons. The van der Waals surface area contributed by atoms with E-state index in [0.29, 0.717) is 11.3 Å². The van der Waals surface area contributed by atoms with Gasteiger partial charge in [-0.25, -0.2) is 0 Å². The molecule has 0 atom stereocenters. The van der Waals surface area contributed by atoms with E-state index in [9.17, 15) is 14.9 Å². The first-order chi connectivity index (χ1) is 7.50. The molecule has 1 heterocycles. The normalized spacial score (nSPS) is 10.6. The largest absolute Gasteiger partial charge is 0.481 e. The third-order valence-corrected chi connectivity index (χ3v) is 1.88.